The van der Waals surface area contributed by atoms with Crippen molar-refractivity contribution < 1.29 is 23.1 Å². The minimum Gasteiger partial charge on any atom is -0.480 e. The maximum Gasteiger partial charge on any atom is 0.401 e. The molecule has 0 spiro atoms. The lowest BCUT2D eigenvalue weighted by atomic mass is 9.94. The van der Waals surface area contributed by atoms with Crippen molar-refractivity contribution in [3.05, 3.63) is 34.4 Å². The molecule has 0 saturated carbocycles. The van der Waals surface area contributed by atoms with Gasteiger partial charge in [-0.3, -0.25) is 10.1 Å². The lowest BCUT2D eigenvalue weighted by molar-refractivity contribution is -0.143. The number of hydrogen-bond acceptors (Lipinski definition) is 2. The Hall–Kier alpha value is -1.56. The highest BCUT2D eigenvalue weighted by atomic mass is 19.4. The molecule has 2 N–H and O–H groups in total. The Labute approximate surface area is 109 Å². The van der Waals surface area contributed by atoms with E-state index < -0.39 is 24.7 Å². The van der Waals surface area contributed by atoms with Gasteiger partial charge in [-0.15, -0.1) is 0 Å². The molecule has 1 aromatic rings. The van der Waals surface area contributed by atoms with E-state index in [9.17, 15) is 18.0 Å². The Balaban J connectivity index is 3.10. The van der Waals surface area contributed by atoms with E-state index in [4.69, 9.17) is 5.11 Å². The van der Waals surface area contributed by atoms with Crippen LogP contribution in [-0.4, -0.2) is 23.8 Å². The summed E-state index contributed by atoms with van der Waals surface area (Å²) in [5.41, 5.74) is 2.67. The Kier molecular flexibility index (Phi) is 4.57. The summed E-state index contributed by atoms with van der Waals surface area (Å²) < 4.78 is 36.6. The molecule has 19 heavy (non-hydrogen) atoms. The first kappa shape index (κ1) is 15.5. The second kappa shape index (κ2) is 5.61. The van der Waals surface area contributed by atoms with Gasteiger partial charge >= 0.3 is 12.1 Å². The van der Waals surface area contributed by atoms with Gasteiger partial charge in [0.25, 0.3) is 0 Å². The first-order chi connectivity index (χ1) is 8.61. The first-order valence-corrected chi connectivity index (χ1v) is 5.72. The first-order valence-electron chi connectivity index (χ1n) is 5.72. The molecular weight excluding hydrogens is 259 g/mol. The average molecular weight is 275 g/mol. The molecule has 0 radical (unpaired) electrons. The van der Waals surface area contributed by atoms with Crippen LogP contribution in [0.15, 0.2) is 12.1 Å². The van der Waals surface area contributed by atoms with Crippen molar-refractivity contribution in [2.75, 3.05) is 6.54 Å². The topological polar surface area (TPSA) is 49.3 Å². The molecule has 0 aliphatic rings. The van der Waals surface area contributed by atoms with Crippen molar-refractivity contribution in [1.82, 2.24) is 5.32 Å². The predicted octanol–water partition coefficient (Wildman–Crippen LogP) is 2.89. The minimum absolute atomic E-state index is 0.391. The van der Waals surface area contributed by atoms with E-state index in [-0.39, 0.29) is 0 Å². The average Bonchev–Trinajstić information content (AvgIpc) is 2.19. The van der Waals surface area contributed by atoms with Gasteiger partial charge < -0.3 is 5.11 Å². The van der Waals surface area contributed by atoms with Crippen LogP contribution in [0, 0.1) is 20.8 Å². The maximum absolute atomic E-state index is 12.2. The summed E-state index contributed by atoms with van der Waals surface area (Å²) in [5, 5.41) is 11.2. The van der Waals surface area contributed by atoms with Gasteiger partial charge in [0.15, 0.2) is 0 Å². The van der Waals surface area contributed by atoms with Crippen LogP contribution < -0.4 is 5.32 Å². The fraction of sp³-hybridized carbons (Fsp3) is 0.462. The molecule has 0 aromatic heterocycles. The summed E-state index contributed by atoms with van der Waals surface area (Å²) in [4.78, 5) is 11.2. The molecule has 0 fully saturated rings. The number of alkyl halides is 3. The highest BCUT2D eigenvalue weighted by Crippen LogP contribution is 2.25. The van der Waals surface area contributed by atoms with E-state index in [2.05, 4.69) is 5.32 Å². The Bertz CT molecular complexity index is 460. The van der Waals surface area contributed by atoms with Crippen LogP contribution in [0.4, 0.5) is 13.2 Å². The molecule has 0 aliphatic carbocycles. The summed E-state index contributed by atoms with van der Waals surface area (Å²) >= 11 is 0. The zero-order chi connectivity index (χ0) is 14.8. The largest absolute Gasteiger partial charge is 0.480 e. The molecular formula is C13H16F3NO2. The minimum atomic E-state index is -4.44. The third-order valence-corrected chi connectivity index (χ3v) is 2.78. The van der Waals surface area contributed by atoms with E-state index in [1.807, 2.05) is 6.92 Å². The molecule has 0 aliphatic heterocycles. The maximum atomic E-state index is 12.2. The Morgan fingerprint density at radius 2 is 1.74 bits per heavy atom. The van der Waals surface area contributed by atoms with Crippen molar-refractivity contribution in [2.24, 2.45) is 0 Å². The van der Waals surface area contributed by atoms with E-state index in [1.54, 1.807) is 26.0 Å². The predicted molar refractivity (Wildman–Crippen MR) is 65.1 cm³/mol. The number of carbonyl (C=O) groups is 1. The van der Waals surface area contributed by atoms with E-state index in [0.717, 1.165) is 5.56 Å². The summed E-state index contributed by atoms with van der Waals surface area (Å²) in [6, 6.07) is 2.16. The van der Waals surface area contributed by atoms with Crippen molar-refractivity contribution in [1.29, 1.82) is 0 Å². The van der Waals surface area contributed by atoms with Gasteiger partial charge in [-0.2, -0.15) is 13.2 Å². The second-order valence-electron chi connectivity index (χ2n) is 4.58. The van der Waals surface area contributed by atoms with Gasteiger partial charge in [0, 0.05) is 0 Å². The molecule has 1 aromatic carbocycles. The monoisotopic (exact) mass is 275 g/mol. The van der Waals surface area contributed by atoms with Crippen LogP contribution in [0.1, 0.15) is 28.3 Å². The van der Waals surface area contributed by atoms with Gasteiger partial charge in [-0.05, 0) is 37.5 Å². The molecule has 1 rings (SSSR count). The Morgan fingerprint density at radius 1 is 1.26 bits per heavy atom. The number of aryl methyl sites for hydroxylation is 3. The van der Waals surface area contributed by atoms with Crippen LogP contribution in [0.2, 0.25) is 0 Å². The lowest BCUT2D eigenvalue weighted by Gasteiger charge is -2.20. The van der Waals surface area contributed by atoms with Crippen LogP contribution in [0.5, 0.6) is 0 Å². The molecule has 106 valence electrons. The zero-order valence-corrected chi connectivity index (χ0v) is 10.9. The van der Waals surface area contributed by atoms with Crippen LogP contribution in [-0.2, 0) is 4.79 Å². The number of aliphatic carboxylic acids is 1. The summed E-state index contributed by atoms with van der Waals surface area (Å²) in [6.45, 7) is 3.90. The molecule has 0 heterocycles. The number of rotatable bonds is 4. The van der Waals surface area contributed by atoms with Crippen molar-refractivity contribution >= 4 is 5.97 Å². The molecule has 0 amide bonds. The molecule has 3 nitrogen and oxygen atoms in total. The number of nitrogens with one attached hydrogen (secondary N) is 1. The van der Waals surface area contributed by atoms with Crippen LogP contribution in [0.3, 0.4) is 0 Å². The Morgan fingerprint density at radius 3 is 2.11 bits per heavy atom. The smallest absolute Gasteiger partial charge is 0.401 e. The number of halogens is 3. The number of carboxylic acids is 1. The number of benzene rings is 1. The quantitative estimate of drug-likeness (QED) is 0.888. The molecule has 1 unspecified atom stereocenters. The van der Waals surface area contributed by atoms with Gasteiger partial charge in [0.2, 0.25) is 0 Å². The fourth-order valence-corrected chi connectivity index (χ4v) is 2.18. The van der Waals surface area contributed by atoms with Crippen LogP contribution >= 0.6 is 0 Å². The zero-order valence-electron chi connectivity index (χ0n) is 10.9. The highest BCUT2D eigenvalue weighted by molar-refractivity contribution is 5.76. The molecule has 0 saturated heterocycles. The summed E-state index contributed by atoms with van der Waals surface area (Å²) in [5.74, 6) is -1.32. The fourth-order valence-electron chi connectivity index (χ4n) is 2.18. The number of carboxylic acid groups (broad SMARTS) is 1. The van der Waals surface area contributed by atoms with Crippen molar-refractivity contribution in [3.63, 3.8) is 0 Å². The van der Waals surface area contributed by atoms with Crippen LogP contribution in [0.25, 0.3) is 0 Å². The standard InChI is InChI=1S/C13H16F3NO2/c1-7-4-8(2)10(9(3)5-7)11(12(18)19)17-6-13(14,15)16/h4-5,11,17H,6H2,1-3H3,(H,18,19). The molecule has 1 atom stereocenters. The third kappa shape index (κ3) is 4.24. The van der Waals surface area contributed by atoms with E-state index in [0.29, 0.717) is 16.7 Å². The highest BCUT2D eigenvalue weighted by Gasteiger charge is 2.31. The lowest BCUT2D eigenvalue weighted by Crippen LogP contribution is -2.36. The van der Waals surface area contributed by atoms with Gasteiger partial charge in [0.05, 0.1) is 6.54 Å². The van der Waals surface area contributed by atoms with Crippen molar-refractivity contribution in [2.45, 2.75) is 33.0 Å². The molecule has 0 bridgehead atoms. The van der Waals surface area contributed by atoms with E-state index >= 15 is 0 Å². The van der Waals surface area contributed by atoms with E-state index in [1.165, 1.54) is 0 Å². The van der Waals surface area contributed by atoms with Gasteiger partial charge in [-0.1, -0.05) is 17.7 Å². The second-order valence-corrected chi connectivity index (χ2v) is 4.58. The number of hydrogen-bond donors (Lipinski definition) is 2. The van der Waals surface area contributed by atoms with Crippen molar-refractivity contribution in [3.8, 4) is 0 Å². The third-order valence-electron chi connectivity index (χ3n) is 2.78. The summed E-state index contributed by atoms with van der Waals surface area (Å²) in [7, 11) is 0. The normalized spacial score (nSPS) is 13.4. The summed E-state index contributed by atoms with van der Waals surface area (Å²) in [6.07, 6.45) is -4.44. The SMILES string of the molecule is Cc1cc(C)c(C(NCC(F)(F)F)C(=O)O)c(C)c1. The van der Waals surface area contributed by atoms with Gasteiger partial charge in [-0.25, -0.2) is 0 Å². The molecule has 6 heteroatoms. The van der Waals surface area contributed by atoms with Gasteiger partial charge in [0.1, 0.15) is 6.04 Å².